The van der Waals surface area contributed by atoms with Gasteiger partial charge in [-0.1, -0.05) is 31.4 Å². The van der Waals surface area contributed by atoms with E-state index in [1.54, 1.807) is 6.33 Å². The van der Waals surface area contributed by atoms with Gasteiger partial charge in [0.25, 0.3) is 0 Å². The second-order valence-electron chi connectivity index (χ2n) is 7.98. The quantitative estimate of drug-likeness (QED) is 0.746. The van der Waals surface area contributed by atoms with E-state index < -0.39 is 24.5 Å². The molecule has 0 unspecified atom stereocenters. The van der Waals surface area contributed by atoms with E-state index in [0.29, 0.717) is 6.61 Å². The number of amides is 2. The molecule has 2 aromatic rings. The Kier molecular flexibility index (Phi) is 4.70. The number of fused-ring (bicyclic) bond motifs is 3. The van der Waals surface area contributed by atoms with E-state index in [1.165, 1.54) is 6.42 Å². The lowest BCUT2D eigenvalue weighted by atomic mass is 9.95. The lowest BCUT2D eigenvalue weighted by molar-refractivity contribution is -0.162. The Balaban J connectivity index is 1.35. The Morgan fingerprint density at radius 3 is 2.86 bits per heavy atom. The number of rotatable bonds is 3. The number of urea groups is 1. The van der Waals surface area contributed by atoms with E-state index in [4.69, 9.17) is 9.47 Å². The van der Waals surface area contributed by atoms with Crippen LogP contribution in [0.4, 0.5) is 4.79 Å². The number of aliphatic hydroxyl groups is 1. The minimum atomic E-state index is -0.846. The normalized spacial score (nSPS) is 33.1. The molecule has 3 N–H and O–H groups in total. The molecule has 2 amide bonds. The number of hydrogen-bond donors (Lipinski definition) is 3. The lowest BCUT2D eigenvalue weighted by Crippen LogP contribution is -2.61. The van der Waals surface area contributed by atoms with Crippen LogP contribution in [0.3, 0.4) is 0 Å². The first kappa shape index (κ1) is 17.9. The number of imidazole rings is 1. The number of ether oxygens (including phenoxy) is 2. The van der Waals surface area contributed by atoms with Crippen LogP contribution in [-0.2, 0) is 9.47 Å². The molecule has 5 rings (SSSR count). The first-order valence-corrected chi connectivity index (χ1v) is 10.1. The number of carbonyl (C=O) groups excluding carboxylic acids is 1. The maximum absolute atomic E-state index is 12.6. The molecule has 28 heavy (non-hydrogen) atoms. The molecule has 5 atom stereocenters. The Hall–Kier alpha value is -2.16. The van der Waals surface area contributed by atoms with E-state index >= 15 is 0 Å². The summed E-state index contributed by atoms with van der Waals surface area (Å²) in [7, 11) is 0. The summed E-state index contributed by atoms with van der Waals surface area (Å²) in [5.74, 6) is 0. The van der Waals surface area contributed by atoms with Crippen molar-refractivity contribution in [2.75, 3.05) is 6.61 Å². The standard InChI is InChI=1S/C20H26N4O4/c25-18-16(23-20(26)22-12-6-2-1-3-7-12)15-10-27-19(28-15)17(18)24-11-21-13-8-4-5-9-14(13)24/h4-5,8-9,11-12,15-19,25H,1-3,6-7,10H2,(H2,22,23,26)/t15-,16-,17-,18+,19-/m1/s1. The third kappa shape index (κ3) is 3.15. The molecular formula is C20H26N4O4. The first-order chi connectivity index (χ1) is 13.7. The number of nitrogens with one attached hydrogen (secondary N) is 2. The molecule has 1 aliphatic carbocycles. The zero-order valence-electron chi connectivity index (χ0n) is 15.7. The highest BCUT2D eigenvalue weighted by atomic mass is 16.7. The van der Waals surface area contributed by atoms with Gasteiger partial charge in [-0.2, -0.15) is 0 Å². The second-order valence-corrected chi connectivity index (χ2v) is 7.98. The molecule has 3 heterocycles. The maximum atomic E-state index is 12.6. The zero-order chi connectivity index (χ0) is 19.1. The Labute approximate surface area is 163 Å². The number of carbonyl (C=O) groups is 1. The van der Waals surface area contributed by atoms with E-state index in [-0.39, 0.29) is 18.2 Å². The summed E-state index contributed by atoms with van der Waals surface area (Å²) in [6.45, 7) is 0.346. The number of aromatic nitrogens is 2. The van der Waals surface area contributed by atoms with Crippen molar-refractivity contribution in [3.8, 4) is 0 Å². The molecule has 8 nitrogen and oxygen atoms in total. The van der Waals surface area contributed by atoms with E-state index in [0.717, 1.165) is 36.7 Å². The number of nitrogens with zero attached hydrogens (tertiary/aromatic N) is 2. The minimum absolute atomic E-state index is 0.205. The number of hydrogen-bond acceptors (Lipinski definition) is 5. The van der Waals surface area contributed by atoms with Gasteiger partial charge in [0, 0.05) is 6.04 Å². The highest BCUT2D eigenvalue weighted by molar-refractivity contribution is 5.76. The summed E-state index contributed by atoms with van der Waals surface area (Å²) in [4.78, 5) is 17.0. The summed E-state index contributed by atoms with van der Waals surface area (Å²) >= 11 is 0. The number of aliphatic hydroxyl groups excluding tert-OH is 1. The van der Waals surface area contributed by atoms with Crippen molar-refractivity contribution < 1.29 is 19.4 Å². The number of para-hydroxylation sites is 2. The molecular weight excluding hydrogens is 360 g/mol. The SMILES string of the molecule is O=C(NC1CCCCC1)N[C@H]1[C@H](O)[C@@H](n2cnc3ccccc32)[C@@H]2OC[C@H]1O2. The molecule has 8 heteroatoms. The molecule has 1 saturated carbocycles. The zero-order valence-corrected chi connectivity index (χ0v) is 15.7. The smallest absolute Gasteiger partial charge is 0.315 e. The van der Waals surface area contributed by atoms with Crippen LogP contribution in [0.25, 0.3) is 11.0 Å². The molecule has 2 aliphatic heterocycles. The maximum Gasteiger partial charge on any atom is 0.315 e. The van der Waals surface area contributed by atoms with Gasteiger partial charge in [0.1, 0.15) is 18.2 Å². The van der Waals surface area contributed by atoms with Crippen molar-refractivity contribution in [2.24, 2.45) is 0 Å². The van der Waals surface area contributed by atoms with Crippen LogP contribution < -0.4 is 10.6 Å². The van der Waals surface area contributed by atoms with Crippen LogP contribution in [0.15, 0.2) is 30.6 Å². The summed E-state index contributed by atoms with van der Waals surface area (Å²) in [5, 5.41) is 17.1. The van der Waals surface area contributed by atoms with Crippen molar-refractivity contribution in [1.29, 1.82) is 0 Å². The Bertz CT molecular complexity index is 850. The fourth-order valence-electron chi connectivity index (χ4n) is 4.72. The van der Waals surface area contributed by atoms with Crippen molar-refractivity contribution in [1.82, 2.24) is 20.2 Å². The molecule has 150 valence electrons. The van der Waals surface area contributed by atoms with Gasteiger partial charge >= 0.3 is 6.03 Å². The van der Waals surface area contributed by atoms with E-state index in [1.807, 2.05) is 28.8 Å². The van der Waals surface area contributed by atoms with Gasteiger partial charge in [-0.3, -0.25) is 0 Å². The highest BCUT2D eigenvalue weighted by Crippen LogP contribution is 2.37. The third-order valence-electron chi connectivity index (χ3n) is 6.17. The van der Waals surface area contributed by atoms with Gasteiger partial charge in [-0.05, 0) is 25.0 Å². The van der Waals surface area contributed by atoms with Crippen molar-refractivity contribution in [3.63, 3.8) is 0 Å². The largest absolute Gasteiger partial charge is 0.388 e. The summed E-state index contributed by atoms with van der Waals surface area (Å²) in [6, 6.07) is 6.66. The lowest BCUT2D eigenvalue weighted by Gasteiger charge is -2.39. The van der Waals surface area contributed by atoms with Gasteiger partial charge in [-0.15, -0.1) is 0 Å². The molecule has 2 bridgehead atoms. The van der Waals surface area contributed by atoms with Crippen LogP contribution in [-0.4, -0.2) is 57.9 Å². The van der Waals surface area contributed by atoms with Crippen LogP contribution in [0.2, 0.25) is 0 Å². The van der Waals surface area contributed by atoms with Crippen LogP contribution in [0.1, 0.15) is 38.1 Å². The monoisotopic (exact) mass is 386 g/mol. The molecule has 0 spiro atoms. The van der Waals surface area contributed by atoms with Gasteiger partial charge in [0.2, 0.25) is 0 Å². The molecule has 0 radical (unpaired) electrons. The predicted molar refractivity (Wildman–Crippen MR) is 102 cm³/mol. The molecule has 3 fully saturated rings. The molecule has 1 aromatic carbocycles. The Morgan fingerprint density at radius 1 is 1.18 bits per heavy atom. The van der Waals surface area contributed by atoms with Crippen LogP contribution in [0.5, 0.6) is 0 Å². The van der Waals surface area contributed by atoms with Crippen molar-refractivity contribution in [3.05, 3.63) is 30.6 Å². The van der Waals surface area contributed by atoms with Crippen molar-refractivity contribution in [2.45, 2.75) is 68.7 Å². The van der Waals surface area contributed by atoms with Gasteiger partial charge in [0.05, 0.1) is 30.0 Å². The fraction of sp³-hybridized carbons (Fsp3) is 0.600. The average molecular weight is 386 g/mol. The van der Waals surface area contributed by atoms with Crippen molar-refractivity contribution >= 4 is 17.1 Å². The summed E-state index contributed by atoms with van der Waals surface area (Å²) in [6.07, 6.45) is 5.48. The molecule has 1 aromatic heterocycles. The topological polar surface area (TPSA) is 97.6 Å². The van der Waals surface area contributed by atoms with Crippen LogP contribution >= 0.6 is 0 Å². The first-order valence-electron chi connectivity index (χ1n) is 10.1. The van der Waals surface area contributed by atoms with E-state index in [9.17, 15) is 9.90 Å². The summed E-state index contributed by atoms with van der Waals surface area (Å²) < 4.78 is 13.7. The molecule has 3 aliphatic rings. The van der Waals surface area contributed by atoms with Gasteiger partial charge < -0.3 is 29.8 Å². The van der Waals surface area contributed by atoms with E-state index in [2.05, 4.69) is 15.6 Å². The minimum Gasteiger partial charge on any atom is -0.388 e. The number of benzene rings is 1. The highest BCUT2D eigenvalue weighted by Gasteiger charge is 2.51. The van der Waals surface area contributed by atoms with Crippen LogP contribution in [0, 0.1) is 0 Å². The second kappa shape index (κ2) is 7.35. The van der Waals surface area contributed by atoms with Gasteiger partial charge in [0.15, 0.2) is 6.29 Å². The van der Waals surface area contributed by atoms with Gasteiger partial charge in [-0.25, -0.2) is 9.78 Å². The average Bonchev–Trinajstić information content (AvgIpc) is 3.33. The third-order valence-corrected chi connectivity index (χ3v) is 6.17. The molecule has 2 saturated heterocycles. The summed E-state index contributed by atoms with van der Waals surface area (Å²) in [5.41, 5.74) is 1.74. The Morgan fingerprint density at radius 2 is 2.00 bits per heavy atom. The predicted octanol–water partition coefficient (Wildman–Crippen LogP) is 1.69. The fourth-order valence-corrected chi connectivity index (χ4v) is 4.72.